The largest absolute Gasteiger partial charge is 0.367 e. The molecule has 0 bridgehead atoms. The fourth-order valence-corrected chi connectivity index (χ4v) is 3.42. The van der Waals surface area contributed by atoms with Gasteiger partial charge in [0.1, 0.15) is 17.8 Å². The monoisotopic (exact) mass is 409 g/mol. The number of alkyl halides is 4. The SMILES string of the molecule is FC(F)c1ccc(C(F)(F)CN2CCC(Nc3ncnc4[nH]ncc34)CC2)nc1. The van der Waals surface area contributed by atoms with Crippen LogP contribution in [0.4, 0.5) is 23.4 Å². The second-order valence-corrected chi connectivity index (χ2v) is 7.03. The van der Waals surface area contributed by atoms with Crippen molar-refractivity contribution in [1.82, 2.24) is 30.0 Å². The number of fused-ring (bicyclic) bond motifs is 1. The van der Waals surface area contributed by atoms with Crippen LogP contribution in [-0.2, 0) is 5.92 Å². The zero-order valence-electron chi connectivity index (χ0n) is 15.3. The Morgan fingerprint density at radius 1 is 1.14 bits per heavy atom. The first-order valence-corrected chi connectivity index (χ1v) is 9.18. The summed E-state index contributed by atoms with van der Waals surface area (Å²) < 4.78 is 54.2. The summed E-state index contributed by atoms with van der Waals surface area (Å²) in [6.45, 7) is 0.449. The smallest absolute Gasteiger partial charge is 0.302 e. The molecule has 0 spiro atoms. The predicted octanol–water partition coefficient (Wildman–Crippen LogP) is 3.35. The minimum atomic E-state index is -3.21. The van der Waals surface area contributed by atoms with Crippen molar-refractivity contribution in [1.29, 1.82) is 0 Å². The van der Waals surface area contributed by atoms with Crippen molar-refractivity contribution in [2.24, 2.45) is 0 Å². The highest BCUT2D eigenvalue weighted by molar-refractivity contribution is 5.85. The average Bonchev–Trinajstić information content (AvgIpc) is 3.19. The maximum Gasteiger partial charge on any atom is 0.302 e. The molecule has 0 atom stereocenters. The third-order valence-corrected chi connectivity index (χ3v) is 5.01. The lowest BCUT2D eigenvalue weighted by Gasteiger charge is -2.34. The fourth-order valence-electron chi connectivity index (χ4n) is 3.42. The number of piperidine rings is 1. The summed E-state index contributed by atoms with van der Waals surface area (Å²) in [6.07, 6.45) is 2.48. The maximum atomic E-state index is 14.5. The molecule has 1 aliphatic heterocycles. The Balaban J connectivity index is 1.34. The van der Waals surface area contributed by atoms with Gasteiger partial charge in [-0.3, -0.25) is 15.0 Å². The average molecular weight is 409 g/mol. The zero-order chi connectivity index (χ0) is 20.4. The topological polar surface area (TPSA) is 82.6 Å². The van der Waals surface area contributed by atoms with Crippen molar-refractivity contribution in [3.8, 4) is 0 Å². The number of nitrogens with one attached hydrogen (secondary N) is 2. The van der Waals surface area contributed by atoms with E-state index in [1.165, 1.54) is 6.33 Å². The molecule has 1 aliphatic rings. The molecule has 4 rings (SSSR count). The molecule has 0 amide bonds. The van der Waals surface area contributed by atoms with Crippen molar-refractivity contribution >= 4 is 16.9 Å². The van der Waals surface area contributed by atoms with Gasteiger partial charge in [-0.25, -0.2) is 18.7 Å². The van der Waals surface area contributed by atoms with E-state index in [4.69, 9.17) is 0 Å². The quantitative estimate of drug-likeness (QED) is 0.608. The van der Waals surface area contributed by atoms with E-state index in [9.17, 15) is 17.6 Å². The van der Waals surface area contributed by atoms with Gasteiger partial charge in [0, 0.05) is 30.9 Å². The molecule has 2 N–H and O–H groups in total. The highest BCUT2D eigenvalue weighted by atomic mass is 19.3. The normalized spacial score (nSPS) is 16.6. The summed E-state index contributed by atoms with van der Waals surface area (Å²) >= 11 is 0. The Hall–Kier alpha value is -2.82. The summed E-state index contributed by atoms with van der Waals surface area (Å²) in [5.41, 5.74) is -0.233. The van der Waals surface area contributed by atoms with Gasteiger partial charge < -0.3 is 5.32 Å². The predicted molar refractivity (Wildman–Crippen MR) is 97.9 cm³/mol. The number of hydrogen-bond donors (Lipinski definition) is 2. The molecule has 3 aromatic heterocycles. The van der Waals surface area contributed by atoms with Crippen LogP contribution < -0.4 is 5.32 Å². The molecule has 1 saturated heterocycles. The van der Waals surface area contributed by atoms with Crippen LogP contribution in [0.5, 0.6) is 0 Å². The number of rotatable bonds is 6. The molecule has 0 aliphatic carbocycles. The molecule has 0 unspecified atom stereocenters. The molecule has 11 heteroatoms. The van der Waals surface area contributed by atoms with E-state index in [0.29, 0.717) is 37.4 Å². The molecular formula is C18H19F4N7. The Bertz CT molecular complexity index is 952. The number of pyridine rings is 1. The van der Waals surface area contributed by atoms with Crippen LogP contribution in [0, 0.1) is 0 Å². The van der Waals surface area contributed by atoms with E-state index in [1.807, 2.05) is 0 Å². The lowest BCUT2D eigenvalue weighted by atomic mass is 10.0. The van der Waals surface area contributed by atoms with Crippen LogP contribution in [0.15, 0.2) is 30.9 Å². The van der Waals surface area contributed by atoms with Gasteiger partial charge in [-0.15, -0.1) is 0 Å². The van der Waals surface area contributed by atoms with Crippen molar-refractivity contribution in [2.75, 3.05) is 25.0 Å². The number of nitrogens with zero attached hydrogens (tertiary/aromatic N) is 5. The third-order valence-electron chi connectivity index (χ3n) is 5.01. The van der Waals surface area contributed by atoms with Gasteiger partial charge in [0.25, 0.3) is 6.43 Å². The van der Waals surface area contributed by atoms with Gasteiger partial charge in [0.15, 0.2) is 5.65 Å². The van der Waals surface area contributed by atoms with Crippen LogP contribution in [0.1, 0.15) is 30.5 Å². The first-order chi connectivity index (χ1) is 13.9. The summed E-state index contributed by atoms with van der Waals surface area (Å²) in [5, 5.41) is 10.8. The van der Waals surface area contributed by atoms with E-state index in [2.05, 4.69) is 30.5 Å². The second kappa shape index (κ2) is 7.90. The van der Waals surface area contributed by atoms with Crippen LogP contribution in [0.25, 0.3) is 11.0 Å². The fraction of sp³-hybridized carbons (Fsp3) is 0.444. The molecule has 7 nitrogen and oxygen atoms in total. The highest BCUT2D eigenvalue weighted by Gasteiger charge is 2.36. The van der Waals surface area contributed by atoms with Crippen molar-refractivity contribution in [3.05, 3.63) is 42.1 Å². The standard InChI is InChI=1S/C18H19F4N7/c19-15(20)11-1-2-14(23-7-11)18(21,22)9-29-5-3-12(4-6-29)27-16-13-8-26-28-17(13)25-10-24-16/h1-2,7-8,10,12,15H,3-6,9H2,(H2,24,25,26,27,28). The molecule has 29 heavy (non-hydrogen) atoms. The lowest BCUT2D eigenvalue weighted by Crippen LogP contribution is -2.44. The van der Waals surface area contributed by atoms with Crippen LogP contribution in [-0.4, -0.2) is 55.7 Å². The maximum absolute atomic E-state index is 14.5. The second-order valence-electron chi connectivity index (χ2n) is 7.03. The first kappa shape index (κ1) is 19.5. The number of likely N-dealkylation sites (tertiary alicyclic amines) is 1. The molecule has 0 saturated carbocycles. The van der Waals surface area contributed by atoms with Gasteiger partial charge in [0.2, 0.25) is 0 Å². The Kier molecular flexibility index (Phi) is 5.31. The van der Waals surface area contributed by atoms with Crippen LogP contribution in [0.3, 0.4) is 0 Å². The zero-order valence-corrected chi connectivity index (χ0v) is 15.3. The molecular weight excluding hydrogens is 390 g/mol. The number of halogens is 4. The number of hydrogen-bond acceptors (Lipinski definition) is 6. The van der Waals surface area contributed by atoms with Crippen LogP contribution >= 0.6 is 0 Å². The lowest BCUT2D eigenvalue weighted by molar-refractivity contribution is -0.0458. The van der Waals surface area contributed by atoms with Crippen molar-refractivity contribution in [2.45, 2.75) is 31.2 Å². The van der Waals surface area contributed by atoms with Gasteiger partial charge in [-0.05, 0) is 25.0 Å². The van der Waals surface area contributed by atoms with Crippen LogP contribution in [0.2, 0.25) is 0 Å². The van der Waals surface area contributed by atoms with Gasteiger partial charge in [-0.2, -0.15) is 13.9 Å². The molecule has 0 radical (unpaired) electrons. The number of aromatic amines is 1. The number of aromatic nitrogens is 5. The highest BCUT2D eigenvalue weighted by Crippen LogP contribution is 2.30. The molecule has 0 aromatic carbocycles. The van der Waals surface area contributed by atoms with Gasteiger partial charge in [0.05, 0.1) is 18.1 Å². The minimum absolute atomic E-state index is 0.0938. The van der Waals surface area contributed by atoms with E-state index in [-0.39, 0.29) is 11.6 Å². The molecule has 154 valence electrons. The molecule has 3 aromatic rings. The third kappa shape index (κ3) is 4.29. The summed E-state index contributed by atoms with van der Waals surface area (Å²) in [4.78, 5) is 13.5. The summed E-state index contributed by atoms with van der Waals surface area (Å²) in [6, 6.07) is 2.06. The van der Waals surface area contributed by atoms with E-state index < -0.39 is 24.6 Å². The Morgan fingerprint density at radius 2 is 1.93 bits per heavy atom. The van der Waals surface area contributed by atoms with Gasteiger partial charge in [-0.1, -0.05) is 0 Å². The molecule has 4 heterocycles. The summed E-state index contributed by atoms with van der Waals surface area (Å²) in [5.74, 6) is -2.55. The van der Waals surface area contributed by atoms with Crippen molar-refractivity contribution in [3.63, 3.8) is 0 Å². The number of anilines is 1. The van der Waals surface area contributed by atoms with Crippen molar-refractivity contribution < 1.29 is 17.6 Å². The summed E-state index contributed by atoms with van der Waals surface area (Å²) in [7, 11) is 0. The Morgan fingerprint density at radius 3 is 2.62 bits per heavy atom. The van der Waals surface area contributed by atoms with E-state index in [1.54, 1.807) is 11.1 Å². The van der Waals surface area contributed by atoms with E-state index >= 15 is 0 Å². The van der Waals surface area contributed by atoms with E-state index in [0.717, 1.165) is 23.7 Å². The first-order valence-electron chi connectivity index (χ1n) is 9.18. The van der Waals surface area contributed by atoms with Gasteiger partial charge >= 0.3 is 5.92 Å². The number of H-pyrrole nitrogens is 1. The Labute approximate surface area is 163 Å². The molecule has 1 fully saturated rings. The minimum Gasteiger partial charge on any atom is -0.367 e.